The number of ether oxygens (including phenoxy) is 2. The van der Waals surface area contributed by atoms with Gasteiger partial charge < -0.3 is 14.8 Å². The molecule has 3 heterocycles. The summed E-state index contributed by atoms with van der Waals surface area (Å²) in [7, 11) is 0. The summed E-state index contributed by atoms with van der Waals surface area (Å²) in [5.74, 6) is 1.22. The fourth-order valence-corrected chi connectivity index (χ4v) is 3.31. The van der Waals surface area contributed by atoms with Gasteiger partial charge in [0.2, 0.25) is 5.91 Å². The van der Waals surface area contributed by atoms with Crippen molar-refractivity contribution in [3.8, 4) is 22.1 Å². The minimum Gasteiger partial charge on any atom is -0.486 e. The van der Waals surface area contributed by atoms with Gasteiger partial charge in [0.05, 0.1) is 12.1 Å². The Labute approximate surface area is 148 Å². The summed E-state index contributed by atoms with van der Waals surface area (Å²) < 4.78 is 11.0. The molecule has 0 unspecified atom stereocenters. The molecule has 126 valence electrons. The van der Waals surface area contributed by atoms with Crippen molar-refractivity contribution >= 4 is 22.9 Å². The molecule has 2 aromatic heterocycles. The van der Waals surface area contributed by atoms with Crippen LogP contribution in [0.2, 0.25) is 0 Å². The number of hydrogen-bond donors (Lipinski definition) is 1. The largest absolute Gasteiger partial charge is 0.486 e. The molecule has 1 aromatic carbocycles. The molecular weight excluding hydrogens is 338 g/mol. The molecule has 0 saturated heterocycles. The summed E-state index contributed by atoms with van der Waals surface area (Å²) in [5, 5.41) is 5.62. The summed E-state index contributed by atoms with van der Waals surface area (Å²) in [6.45, 7) is 1.06. The molecule has 0 saturated carbocycles. The van der Waals surface area contributed by atoms with Crippen molar-refractivity contribution in [1.82, 2.24) is 9.97 Å². The van der Waals surface area contributed by atoms with Gasteiger partial charge in [0.15, 0.2) is 11.5 Å². The number of nitrogens with zero attached hydrogens (tertiary/aromatic N) is 2. The second-order valence-corrected chi connectivity index (χ2v) is 6.33. The third-order valence-electron chi connectivity index (χ3n) is 3.63. The second-order valence-electron chi connectivity index (χ2n) is 5.47. The highest BCUT2D eigenvalue weighted by molar-refractivity contribution is 7.13. The van der Waals surface area contributed by atoms with Gasteiger partial charge in [-0.15, -0.1) is 11.3 Å². The SMILES string of the molecule is O=C(Cc1csc(-c2cccnc2)n1)Nc1ccc2c(c1)OCCO2. The number of anilines is 1. The average molecular weight is 353 g/mol. The first kappa shape index (κ1) is 15.6. The Hall–Kier alpha value is -2.93. The minimum absolute atomic E-state index is 0.125. The van der Waals surface area contributed by atoms with Crippen molar-refractivity contribution in [2.24, 2.45) is 0 Å². The zero-order chi connectivity index (χ0) is 17.1. The van der Waals surface area contributed by atoms with Crippen molar-refractivity contribution in [3.05, 3.63) is 53.8 Å². The lowest BCUT2D eigenvalue weighted by atomic mass is 10.2. The van der Waals surface area contributed by atoms with E-state index in [2.05, 4.69) is 15.3 Å². The molecule has 6 nitrogen and oxygen atoms in total. The van der Waals surface area contributed by atoms with Gasteiger partial charge in [-0.05, 0) is 24.3 Å². The third-order valence-corrected chi connectivity index (χ3v) is 4.57. The first-order chi connectivity index (χ1) is 12.3. The van der Waals surface area contributed by atoms with Gasteiger partial charge in [0, 0.05) is 35.1 Å². The van der Waals surface area contributed by atoms with Crippen LogP contribution in [-0.2, 0) is 11.2 Å². The Balaban J connectivity index is 1.42. The van der Waals surface area contributed by atoms with E-state index in [0.717, 1.165) is 16.3 Å². The van der Waals surface area contributed by atoms with E-state index in [4.69, 9.17) is 9.47 Å². The zero-order valence-corrected chi connectivity index (χ0v) is 14.1. The smallest absolute Gasteiger partial charge is 0.230 e. The van der Waals surface area contributed by atoms with E-state index in [9.17, 15) is 4.79 Å². The van der Waals surface area contributed by atoms with Crippen LogP contribution in [0.15, 0.2) is 48.1 Å². The first-order valence-corrected chi connectivity index (χ1v) is 8.70. The van der Waals surface area contributed by atoms with Gasteiger partial charge in [-0.2, -0.15) is 0 Å². The van der Waals surface area contributed by atoms with E-state index in [0.29, 0.717) is 30.4 Å². The number of carbonyl (C=O) groups is 1. The lowest BCUT2D eigenvalue weighted by molar-refractivity contribution is -0.115. The number of fused-ring (bicyclic) bond motifs is 1. The van der Waals surface area contributed by atoms with Crippen LogP contribution >= 0.6 is 11.3 Å². The molecule has 3 aromatic rings. The van der Waals surface area contributed by atoms with E-state index < -0.39 is 0 Å². The van der Waals surface area contributed by atoms with Crippen molar-refractivity contribution in [2.75, 3.05) is 18.5 Å². The van der Waals surface area contributed by atoms with Gasteiger partial charge in [-0.1, -0.05) is 0 Å². The normalized spacial score (nSPS) is 12.6. The van der Waals surface area contributed by atoms with Crippen LogP contribution < -0.4 is 14.8 Å². The fourth-order valence-electron chi connectivity index (χ4n) is 2.50. The highest BCUT2D eigenvalue weighted by atomic mass is 32.1. The van der Waals surface area contributed by atoms with E-state index >= 15 is 0 Å². The minimum atomic E-state index is -0.125. The molecule has 1 aliphatic rings. The van der Waals surface area contributed by atoms with E-state index in [1.165, 1.54) is 11.3 Å². The van der Waals surface area contributed by atoms with Crippen LogP contribution in [0.4, 0.5) is 5.69 Å². The maximum atomic E-state index is 12.3. The van der Waals surface area contributed by atoms with Crippen LogP contribution in [0.1, 0.15) is 5.69 Å². The Bertz CT molecular complexity index is 896. The topological polar surface area (TPSA) is 73.3 Å². The summed E-state index contributed by atoms with van der Waals surface area (Å²) in [6.07, 6.45) is 3.70. The highest BCUT2D eigenvalue weighted by Crippen LogP contribution is 2.32. The monoisotopic (exact) mass is 353 g/mol. The number of aromatic nitrogens is 2. The zero-order valence-electron chi connectivity index (χ0n) is 13.3. The van der Waals surface area contributed by atoms with E-state index in [1.807, 2.05) is 17.5 Å². The number of pyridine rings is 1. The Morgan fingerprint density at radius 1 is 1.20 bits per heavy atom. The van der Waals surface area contributed by atoms with Crippen LogP contribution in [0.25, 0.3) is 10.6 Å². The first-order valence-electron chi connectivity index (χ1n) is 7.82. The van der Waals surface area contributed by atoms with Gasteiger partial charge in [-0.3, -0.25) is 9.78 Å². The van der Waals surface area contributed by atoms with Crippen LogP contribution in [0.5, 0.6) is 11.5 Å². The lowest BCUT2D eigenvalue weighted by Gasteiger charge is -2.18. The molecule has 1 amide bonds. The number of nitrogens with one attached hydrogen (secondary N) is 1. The number of hydrogen-bond acceptors (Lipinski definition) is 6. The molecule has 0 spiro atoms. The molecular formula is C18H15N3O3S. The quantitative estimate of drug-likeness (QED) is 0.780. The molecule has 7 heteroatoms. The fraction of sp³-hybridized carbons (Fsp3) is 0.167. The van der Waals surface area contributed by atoms with Gasteiger partial charge in [-0.25, -0.2) is 4.98 Å². The van der Waals surface area contributed by atoms with Gasteiger partial charge >= 0.3 is 0 Å². The predicted octanol–water partition coefficient (Wildman–Crippen LogP) is 3.16. The van der Waals surface area contributed by atoms with Gasteiger partial charge in [0.25, 0.3) is 0 Å². The number of amides is 1. The molecule has 0 aliphatic carbocycles. The number of rotatable bonds is 4. The number of carbonyl (C=O) groups excluding carboxylic acids is 1. The van der Waals surface area contributed by atoms with Crippen molar-refractivity contribution in [2.45, 2.75) is 6.42 Å². The molecule has 4 rings (SSSR count). The van der Waals surface area contributed by atoms with Crippen LogP contribution in [0.3, 0.4) is 0 Å². The van der Waals surface area contributed by atoms with Crippen molar-refractivity contribution in [3.63, 3.8) is 0 Å². The number of thiazole rings is 1. The molecule has 1 N–H and O–H groups in total. The highest BCUT2D eigenvalue weighted by Gasteiger charge is 2.14. The summed E-state index contributed by atoms with van der Waals surface area (Å²) in [4.78, 5) is 20.9. The van der Waals surface area contributed by atoms with Crippen LogP contribution in [-0.4, -0.2) is 29.1 Å². The Morgan fingerprint density at radius 3 is 2.92 bits per heavy atom. The predicted molar refractivity (Wildman–Crippen MR) is 95.1 cm³/mol. The summed E-state index contributed by atoms with van der Waals surface area (Å²) in [5.41, 5.74) is 2.36. The summed E-state index contributed by atoms with van der Waals surface area (Å²) in [6, 6.07) is 9.19. The van der Waals surface area contributed by atoms with Gasteiger partial charge in [0.1, 0.15) is 18.2 Å². The van der Waals surface area contributed by atoms with Crippen molar-refractivity contribution in [1.29, 1.82) is 0 Å². The molecule has 25 heavy (non-hydrogen) atoms. The van der Waals surface area contributed by atoms with Crippen molar-refractivity contribution < 1.29 is 14.3 Å². The van der Waals surface area contributed by atoms with E-state index in [-0.39, 0.29) is 12.3 Å². The lowest BCUT2D eigenvalue weighted by Crippen LogP contribution is -2.17. The van der Waals surface area contributed by atoms with E-state index in [1.54, 1.807) is 30.6 Å². The maximum absolute atomic E-state index is 12.3. The molecule has 0 atom stereocenters. The Morgan fingerprint density at radius 2 is 2.08 bits per heavy atom. The molecule has 0 fully saturated rings. The third kappa shape index (κ3) is 3.61. The Kier molecular flexibility index (Phi) is 4.30. The molecule has 0 bridgehead atoms. The maximum Gasteiger partial charge on any atom is 0.230 e. The second kappa shape index (κ2) is 6.90. The summed E-state index contributed by atoms with van der Waals surface area (Å²) >= 11 is 1.50. The molecule has 1 aliphatic heterocycles. The standard InChI is InChI=1S/C18H15N3O3S/c22-17(20-13-3-4-15-16(8-13)24-7-6-23-15)9-14-11-25-18(21-14)12-2-1-5-19-10-12/h1-5,8,10-11H,6-7,9H2,(H,20,22). The van der Waals surface area contributed by atoms with Crippen LogP contribution in [0, 0.1) is 0 Å². The number of benzene rings is 1. The average Bonchev–Trinajstić information content (AvgIpc) is 3.10. The molecule has 0 radical (unpaired) electrons.